The second-order valence-corrected chi connectivity index (χ2v) is 8.22. The standard InChI is InChI=1S/C22H28O6/c1-7-11(2)21(25)28-20-17-12(3)10-26-19(17)18(24)15-8-9-16(27-14(5)23)13(4)22(15,20)6/h7,10,13,15-16,20H,8-9H2,1-6H3. The van der Waals surface area contributed by atoms with E-state index in [-0.39, 0.29) is 35.5 Å². The van der Waals surface area contributed by atoms with Crippen molar-refractivity contribution in [1.82, 2.24) is 0 Å². The summed E-state index contributed by atoms with van der Waals surface area (Å²) >= 11 is 0. The maximum absolute atomic E-state index is 13.2. The zero-order valence-electron chi connectivity index (χ0n) is 17.3. The lowest BCUT2D eigenvalue weighted by Gasteiger charge is -2.53. The average Bonchev–Trinajstić information content (AvgIpc) is 3.02. The summed E-state index contributed by atoms with van der Waals surface area (Å²) in [4.78, 5) is 37.5. The van der Waals surface area contributed by atoms with Crippen molar-refractivity contribution in [2.75, 3.05) is 0 Å². The Morgan fingerprint density at radius 3 is 2.54 bits per heavy atom. The molecule has 1 heterocycles. The van der Waals surface area contributed by atoms with Gasteiger partial charge in [-0.1, -0.05) is 19.9 Å². The zero-order chi connectivity index (χ0) is 20.8. The molecule has 3 rings (SSSR count). The Morgan fingerprint density at radius 2 is 1.93 bits per heavy atom. The van der Waals surface area contributed by atoms with Gasteiger partial charge in [0.1, 0.15) is 12.2 Å². The van der Waals surface area contributed by atoms with Crippen molar-refractivity contribution in [3.8, 4) is 0 Å². The minimum Gasteiger partial charge on any atom is -0.462 e. The predicted molar refractivity (Wildman–Crippen MR) is 102 cm³/mol. The number of esters is 2. The van der Waals surface area contributed by atoms with Gasteiger partial charge in [-0.05, 0) is 39.2 Å². The summed E-state index contributed by atoms with van der Waals surface area (Å²) in [6.07, 6.45) is 3.40. The number of ether oxygens (including phenoxy) is 2. The first kappa shape index (κ1) is 20.4. The topological polar surface area (TPSA) is 82.8 Å². The lowest BCUT2D eigenvalue weighted by atomic mass is 9.53. The Labute approximate surface area is 165 Å². The molecule has 6 heteroatoms. The van der Waals surface area contributed by atoms with Gasteiger partial charge in [0.05, 0.1) is 6.26 Å². The highest BCUT2D eigenvalue weighted by atomic mass is 16.6. The molecule has 2 aliphatic rings. The molecule has 0 N–H and O–H groups in total. The van der Waals surface area contributed by atoms with E-state index in [4.69, 9.17) is 13.9 Å². The van der Waals surface area contributed by atoms with Crippen molar-refractivity contribution in [3.05, 3.63) is 34.8 Å². The first-order valence-electron chi connectivity index (χ1n) is 9.76. The lowest BCUT2D eigenvalue weighted by molar-refractivity contribution is -0.179. The van der Waals surface area contributed by atoms with Crippen LogP contribution in [-0.2, 0) is 19.1 Å². The van der Waals surface area contributed by atoms with Gasteiger partial charge in [-0.3, -0.25) is 9.59 Å². The molecular formula is C22H28O6. The van der Waals surface area contributed by atoms with Crippen LogP contribution in [0.25, 0.3) is 0 Å². The molecule has 1 fully saturated rings. The van der Waals surface area contributed by atoms with Crippen LogP contribution in [0.15, 0.2) is 22.3 Å². The summed E-state index contributed by atoms with van der Waals surface area (Å²) in [7, 11) is 0. The highest BCUT2D eigenvalue weighted by molar-refractivity contribution is 5.99. The zero-order valence-corrected chi connectivity index (χ0v) is 17.3. The quantitative estimate of drug-likeness (QED) is 0.566. The summed E-state index contributed by atoms with van der Waals surface area (Å²) in [6.45, 7) is 10.6. The average molecular weight is 388 g/mol. The molecule has 5 atom stereocenters. The summed E-state index contributed by atoms with van der Waals surface area (Å²) < 4.78 is 17.1. The Hall–Kier alpha value is -2.37. The Morgan fingerprint density at radius 1 is 1.25 bits per heavy atom. The molecular weight excluding hydrogens is 360 g/mol. The smallest absolute Gasteiger partial charge is 0.334 e. The molecule has 28 heavy (non-hydrogen) atoms. The van der Waals surface area contributed by atoms with Crippen LogP contribution in [0.1, 0.15) is 75.2 Å². The molecule has 1 saturated carbocycles. The molecule has 2 aliphatic carbocycles. The molecule has 0 spiro atoms. The van der Waals surface area contributed by atoms with Crippen molar-refractivity contribution in [1.29, 1.82) is 0 Å². The van der Waals surface area contributed by atoms with Crippen molar-refractivity contribution >= 4 is 17.7 Å². The normalized spacial score (nSPS) is 32.4. The number of hydrogen-bond acceptors (Lipinski definition) is 6. The number of fused-ring (bicyclic) bond motifs is 2. The number of carbonyl (C=O) groups is 3. The molecule has 1 aromatic rings. The van der Waals surface area contributed by atoms with Gasteiger partial charge in [0, 0.05) is 35.3 Å². The molecule has 0 saturated heterocycles. The van der Waals surface area contributed by atoms with Gasteiger partial charge >= 0.3 is 11.9 Å². The summed E-state index contributed by atoms with van der Waals surface area (Å²) in [6, 6.07) is 0. The van der Waals surface area contributed by atoms with E-state index in [1.54, 1.807) is 26.2 Å². The molecule has 0 amide bonds. The van der Waals surface area contributed by atoms with Crippen molar-refractivity contribution in [2.24, 2.45) is 17.3 Å². The highest BCUT2D eigenvalue weighted by Gasteiger charge is 2.61. The minimum absolute atomic E-state index is 0.0613. The molecule has 0 aromatic carbocycles. The fourth-order valence-electron chi connectivity index (χ4n) is 4.76. The third-order valence-corrected chi connectivity index (χ3v) is 6.72. The van der Waals surface area contributed by atoms with Crippen LogP contribution in [-0.4, -0.2) is 23.8 Å². The number of furan rings is 1. The van der Waals surface area contributed by atoms with E-state index in [0.29, 0.717) is 24.0 Å². The van der Waals surface area contributed by atoms with Gasteiger partial charge in [0.2, 0.25) is 5.78 Å². The Balaban J connectivity index is 2.12. The van der Waals surface area contributed by atoms with E-state index in [2.05, 4.69) is 0 Å². The monoisotopic (exact) mass is 388 g/mol. The summed E-state index contributed by atoms with van der Waals surface area (Å²) in [5.74, 6) is -1.08. The number of ketones is 1. The number of aryl methyl sites for hydroxylation is 1. The number of hydrogen-bond donors (Lipinski definition) is 0. The summed E-state index contributed by atoms with van der Waals surface area (Å²) in [5.41, 5.74) is 1.21. The lowest BCUT2D eigenvalue weighted by Crippen LogP contribution is -2.55. The first-order chi connectivity index (χ1) is 13.1. The van der Waals surface area contributed by atoms with E-state index in [9.17, 15) is 14.4 Å². The fourth-order valence-corrected chi connectivity index (χ4v) is 4.76. The second kappa shape index (κ2) is 7.22. The van der Waals surface area contributed by atoms with Crippen LogP contribution < -0.4 is 0 Å². The van der Waals surface area contributed by atoms with Crippen LogP contribution >= 0.6 is 0 Å². The van der Waals surface area contributed by atoms with E-state index in [1.165, 1.54) is 6.92 Å². The van der Waals surface area contributed by atoms with E-state index >= 15 is 0 Å². The molecule has 6 nitrogen and oxygen atoms in total. The van der Waals surface area contributed by atoms with Gasteiger partial charge < -0.3 is 13.9 Å². The van der Waals surface area contributed by atoms with Gasteiger partial charge in [0.15, 0.2) is 5.76 Å². The Kier molecular flexibility index (Phi) is 5.26. The number of rotatable bonds is 3. The van der Waals surface area contributed by atoms with Crippen LogP contribution in [0, 0.1) is 24.2 Å². The molecule has 0 bridgehead atoms. The largest absolute Gasteiger partial charge is 0.462 e. The van der Waals surface area contributed by atoms with E-state index in [0.717, 1.165) is 5.56 Å². The van der Waals surface area contributed by atoms with Gasteiger partial charge in [-0.25, -0.2) is 4.79 Å². The van der Waals surface area contributed by atoms with Crippen molar-refractivity contribution in [2.45, 2.75) is 66.6 Å². The van der Waals surface area contributed by atoms with Gasteiger partial charge in [0.25, 0.3) is 0 Å². The van der Waals surface area contributed by atoms with E-state index in [1.807, 2.05) is 20.8 Å². The second-order valence-electron chi connectivity index (χ2n) is 8.22. The number of allylic oxidation sites excluding steroid dienone is 1. The minimum atomic E-state index is -0.708. The predicted octanol–water partition coefficient (Wildman–Crippen LogP) is 4.32. The van der Waals surface area contributed by atoms with E-state index < -0.39 is 17.5 Å². The van der Waals surface area contributed by atoms with Gasteiger partial charge in [-0.15, -0.1) is 0 Å². The van der Waals surface area contributed by atoms with Crippen LogP contribution in [0.3, 0.4) is 0 Å². The van der Waals surface area contributed by atoms with Crippen LogP contribution in [0.4, 0.5) is 0 Å². The van der Waals surface area contributed by atoms with Crippen molar-refractivity contribution in [3.63, 3.8) is 0 Å². The third kappa shape index (κ3) is 2.99. The highest BCUT2D eigenvalue weighted by Crippen LogP contribution is 2.60. The van der Waals surface area contributed by atoms with Crippen LogP contribution in [0.2, 0.25) is 0 Å². The van der Waals surface area contributed by atoms with Crippen molar-refractivity contribution < 1.29 is 28.3 Å². The summed E-state index contributed by atoms with van der Waals surface area (Å²) in [5, 5.41) is 0. The molecule has 1 aromatic heterocycles. The maximum atomic E-state index is 13.2. The van der Waals surface area contributed by atoms with Gasteiger partial charge in [-0.2, -0.15) is 0 Å². The first-order valence-corrected chi connectivity index (χ1v) is 9.76. The molecule has 0 aliphatic heterocycles. The SMILES string of the molecule is CC=C(C)C(=O)OC1c2c(C)coc2C(=O)C2CCC(OC(C)=O)C(C)C21C. The van der Waals surface area contributed by atoms with Crippen LogP contribution in [0.5, 0.6) is 0 Å². The molecule has 5 unspecified atom stereocenters. The molecule has 0 radical (unpaired) electrons. The number of Topliss-reactive ketones (excluding diaryl/α,β-unsaturated/α-hetero) is 1. The fraction of sp³-hybridized carbons (Fsp3) is 0.591. The Bertz CT molecular complexity index is 847. The third-order valence-electron chi connectivity index (χ3n) is 6.72. The number of carbonyl (C=O) groups excluding carboxylic acids is 3. The molecule has 152 valence electrons. The maximum Gasteiger partial charge on any atom is 0.334 e.